The predicted octanol–water partition coefficient (Wildman–Crippen LogP) is -2.07. The van der Waals surface area contributed by atoms with Gasteiger partial charge in [-0.25, -0.2) is 4.79 Å². The average molecular weight is 418 g/mol. The molecule has 0 aliphatic heterocycles. The van der Waals surface area contributed by atoms with E-state index in [1.807, 2.05) is 13.8 Å². The highest BCUT2D eigenvalue weighted by atomic mass is 16.4. The van der Waals surface area contributed by atoms with Gasteiger partial charge in [-0.3, -0.25) is 14.4 Å². The molecule has 0 aromatic rings. The minimum Gasteiger partial charge on any atom is -0.480 e. The van der Waals surface area contributed by atoms with Crippen LogP contribution in [0.2, 0.25) is 0 Å². The Hall–Kier alpha value is -2.24. The van der Waals surface area contributed by atoms with E-state index in [4.69, 9.17) is 10.8 Å². The number of hydrogen-bond acceptors (Lipinski definition) is 7. The van der Waals surface area contributed by atoms with Gasteiger partial charge in [-0.1, -0.05) is 27.7 Å². The molecule has 29 heavy (non-hydrogen) atoms. The second-order valence-electron chi connectivity index (χ2n) is 7.77. The zero-order valence-corrected chi connectivity index (χ0v) is 17.5. The van der Waals surface area contributed by atoms with Gasteiger partial charge in [0.2, 0.25) is 17.7 Å². The number of carbonyl (C=O) groups is 4. The van der Waals surface area contributed by atoms with E-state index in [0.29, 0.717) is 0 Å². The molecule has 0 fully saturated rings. The molecule has 0 aromatic carbocycles. The number of aliphatic hydroxyl groups is 2. The molecule has 8 N–H and O–H groups in total. The highest BCUT2D eigenvalue weighted by molar-refractivity contribution is 5.94. The summed E-state index contributed by atoms with van der Waals surface area (Å²) >= 11 is 0. The number of carboxylic acids is 1. The van der Waals surface area contributed by atoms with Crippen molar-refractivity contribution in [1.29, 1.82) is 0 Å². The summed E-state index contributed by atoms with van der Waals surface area (Å²) < 4.78 is 0. The van der Waals surface area contributed by atoms with Gasteiger partial charge in [-0.2, -0.15) is 0 Å². The third-order valence-electron chi connectivity index (χ3n) is 4.21. The molecular weight excluding hydrogens is 384 g/mol. The first-order valence-corrected chi connectivity index (χ1v) is 9.50. The Bertz CT molecular complexity index is 581. The number of carbonyl (C=O) groups excluding carboxylic acids is 3. The number of aliphatic carboxylic acids is 1. The van der Waals surface area contributed by atoms with E-state index in [-0.39, 0.29) is 12.3 Å². The first kappa shape index (κ1) is 26.8. The zero-order valence-electron chi connectivity index (χ0n) is 17.5. The van der Waals surface area contributed by atoms with Crippen molar-refractivity contribution >= 4 is 23.7 Å². The fourth-order valence-corrected chi connectivity index (χ4v) is 2.42. The largest absolute Gasteiger partial charge is 0.480 e. The molecule has 0 saturated heterocycles. The molecule has 3 amide bonds. The molecule has 0 spiro atoms. The molecule has 0 aliphatic rings. The minimum atomic E-state index is -1.40. The average Bonchev–Trinajstić information content (AvgIpc) is 2.61. The molecule has 0 saturated carbocycles. The van der Waals surface area contributed by atoms with Crippen LogP contribution in [0.1, 0.15) is 41.0 Å². The summed E-state index contributed by atoms with van der Waals surface area (Å²) in [6, 6.07) is -4.89. The van der Waals surface area contributed by atoms with Gasteiger partial charge in [0.1, 0.15) is 24.2 Å². The lowest BCUT2D eigenvalue weighted by Crippen LogP contribution is -2.59. The molecule has 0 aliphatic carbocycles. The third-order valence-corrected chi connectivity index (χ3v) is 4.21. The maximum Gasteiger partial charge on any atom is 0.326 e. The highest BCUT2D eigenvalue weighted by Crippen LogP contribution is 2.07. The van der Waals surface area contributed by atoms with Crippen molar-refractivity contribution in [3.8, 4) is 0 Å². The molecule has 0 rings (SSSR count). The molecule has 168 valence electrons. The quantitative estimate of drug-likeness (QED) is 0.188. The molecule has 0 bridgehead atoms. The van der Waals surface area contributed by atoms with Gasteiger partial charge in [-0.15, -0.1) is 0 Å². The molecule has 0 heterocycles. The number of amides is 3. The van der Waals surface area contributed by atoms with Gasteiger partial charge >= 0.3 is 5.97 Å². The van der Waals surface area contributed by atoms with E-state index < -0.39 is 66.5 Å². The smallest absolute Gasteiger partial charge is 0.326 e. The Morgan fingerprint density at radius 1 is 0.862 bits per heavy atom. The third kappa shape index (κ3) is 9.20. The van der Waals surface area contributed by atoms with Crippen LogP contribution in [0, 0.1) is 11.8 Å². The predicted molar refractivity (Wildman–Crippen MR) is 104 cm³/mol. The Balaban J connectivity index is 5.25. The Morgan fingerprint density at radius 2 is 1.34 bits per heavy atom. The number of hydrogen-bond donors (Lipinski definition) is 7. The molecule has 5 atom stereocenters. The number of rotatable bonds is 12. The van der Waals surface area contributed by atoms with Gasteiger partial charge in [0.25, 0.3) is 0 Å². The van der Waals surface area contributed by atoms with Crippen molar-refractivity contribution < 1.29 is 34.5 Å². The number of carboxylic acid groups (broad SMARTS) is 1. The van der Waals surface area contributed by atoms with Crippen molar-refractivity contribution in [3.05, 3.63) is 0 Å². The summed E-state index contributed by atoms with van der Waals surface area (Å²) in [6.45, 7) is 7.41. The van der Waals surface area contributed by atoms with Crippen LogP contribution in [0.15, 0.2) is 0 Å². The lowest BCUT2D eigenvalue weighted by Gasteiger charge is -2.26. The van der Waals surface area contributed by atoms with E-state index in [9.17, 15) is 29.4 Å². The maximum atomic E-state index is 12.6. The molecule has 0 radical (unpaired) electrons. The lowest BCUT2D eigenvalue weighted by atomic mass is 10.0. The summed E-state index contributed by atoms with van der Waals surface area (Å²) in [6.07, 6.45) is -0.911. The van der Waals surface area contributed by atoms with Crippen molar-refractivity contribution in [2.45, 2.75) is 71.3 Å². The molecule has 11 heteroatoms. The summed E-state index contributed by atoms with van der Waals surface area (Å²) in [5, 5.41) is 35.1. The second kappa shape index (κ2) is 12.3. The number of nitrogens with one attached hydrogen (secondary N) is 3. The first-order chi connectivity index (χ1) is 13.3. The Morgan fingerprint density at radius 3 is 1.72 bits per heavy atom. The van der Waals surface area contributed by atoms with Crippen molar-refractivity contribution in [2.75, 3.05) is 6.61 Å². The Labute approximate surface area is 170 Å². The van der Waals surface area contributed by atoms with E-state index in [1.165, 1.54) is 6.92 Å². The van der Waals surface area contributed by atoms with Crippen molar-refractivity contribution in [2.24, 2.45) is 17.6 Å². The second-order valence-corrected chi connectivity index (χ2v) is 7.77. The summed E-state index contributed by atoms with van der Waals surface area (Å²) in [7, 11) is 0. The monoisotopic (exact) mass is 418 g/mol. The highest BCUT2D eigenvalue weighted by Gasteiger charge is 2.31. The van der Waals surface area contributed by atoms with E-state index >= 15 is 0 Å². The zero-order chi connectivity index (χ0) is 22.9. The number of nitrogens with two attached hydrogens (primary N) is 1. The van der Waals surface area contributed by atoms with Crippen LogP contribution in [0.3, 0.4) is 0 Å². The standard InChI is InChI=1S/C18H34N4O7/c1-8(2)6-11(20-17(27)13(19)10(5)24)15(25)21-12(7-23)16(26)22-14(9(3)4)18(28)29/h8-14,23-24H,6-7,19H2,1-5H3,(H,20,27)(H,21,25)(H,22,26)(H,28,29). The molecule has 5 unspecified atom stereocenters. The van der Waals surface area contributed by atoms with Gasteiger partial charge < -0.3 is 37.0 Å². The summed E-state index contributed by atoms with van der Waals surface area (Å²) in [5.41, 5.74) is 5.57. The van der Waals surface area contributed by atoms with Gasteiger partial charge in [-0.05, 0) is 25.2 Å². The van der Waals surface area contributed by atoms with Crippen molar-refractivity contribution in [1.82, 2.24) is 16.0 Å². The summed E-state index contributed by atoms with van der Waals surface area (Å²) in [5.74, 6) is -4.01. The van der Waals surface area contributed by atoms with Crippen LogP contribution in [-0.4, -0.2) is 75.9 Å². The topological polar surface area (TPSA) is 191 Å². The molecule has 0 aromatic heterocycles. The number of aliphatic hydroxyl groups excluding tert-OH is 2. The van der Waals surface area contributed by atoms with Crippen LogP contribution < -0.4 is 21.7 Å². The van der Waals surface area contributed by atoms with Gasteiger partial charge in [0.15, 0.2) is 0 Å². The molecular formula is C18H34N4O7. The first-order valence-electron chi connectivity index (χ1n) is 9.50. The summed E-state index contributed by atoms with van der Waals surface area (Å²) in [4.78, 5) is 48.2. The van der Waals surface area contributed by atoms with Crippen LogP contribution in [0.5, 0.6) is 0 Å². The normalized spacial score (nSPS) is 16.5. The fourth-order valence-electron chi connectivity index (χ4n) is 2.42. The Kier molecular flexibility index (Phi) is 11.4. The van der Waals surface area contributed by atoms with Crippen LogP contribution >= 0.6 is 0 Å². The van der Waals surface area contributed by atoms with E-state index in [2.05, 4.69) is 16.0 Å². The maximum absolute atomic E-state index is 12.6. The van der Waals surface area contributed by atoms with Crippen LogP contribution in [0.4, 0.5) is 0 Å². The van der Waals surface area contributed by atoms with Crippen LogP contribution in [-0.2, 0) is 19.2 Å². The minimum absolute atomic E-state index is 0.00689. The molecule has 11 nitrogen and oxygen atoms in total. The van der Waals surface area contributed by atoms with Crippen LogP contribution in [0.25, 0.3) is 0 Å². The van der Waals surface area contributed by atoms with E-state index in [0.717, 1.165) is 0 Å². The van der Waals surface area contributed by atoms with Gasteiger partial charge in [0, 0.05) is 0 Å². The SMILES string of the molecule is CC(C)CC(NC(=O)C(N)C(C)O)C(=O)NC(CO)C(=O)NC(C(=O)O)C(C)C. The van der Waals surface area contributed by atoms with Gasteiger partial charge in [0.05, 0.1) is 12.7 Å². The van der Waals surface area contributed by atoms with E-state index in [1.54, 1.807) is 13.8 Å². The lowest BCUT2D eigenvalue weighted by molar-refractivity contribution is -0.144. The fraction of sp³-hybridized carbons (Fsp3) is 0.778. The van der Waals surface area contributed by atoms with Crippen molar-refractivity contribution in [3.63, 3.8) is 0 Å².